The van der Waals surface area contributed by atoms with Crippen molar-refractivity contribution in [1.82, 2.24) is 35.4 Å². The lowest BCUT2D eigenvalue weighted by Crippen LogP contribution is -2.55. The number of likely N-dealkylation sites (tertiary alicyclic amines) is 1. The highest BCUT2D eigenvalue weighted by molar-refractivity contribution is 5.88. The van der Waals surface area contributed by atoms with E-state index >= 15 is 0 Å². The number of hydrogen-bond acceptors (Lipinski definition) is 7. The Kier molecular flexibility index (Phi) is 6.93. The fourth-order valence-corrected chi connectivity index (χ4v) is 6.14. The second-order valence-corrected chi connectivity index (χ2v) is 12.2. The molecule has 2 amide bonds. The summed E-state index contributed by atoms with van der Waals surface area (Å²) in [6, 6.07) is 14.5. The molecule has 0 radical (unpaired) electrons. The Hall–Kier alpha value is -4.72. The molecule has 2 N–H and O–H groups in total. The average Bonchev–Trinajstić information content (AvgIpc) is 3.76. The maximum absolute atomic E-state index is 13.4. The number of piperidine rings is 1. The molecular weight excluding hydrogens is 532 g/mol. The van der Waals surface area contributed by atoms with E-state index in [4.69, 9.17) is 4.74 Å². The molecule has 4 atom stereocenters. The summed E-state index contributed by atoms with van der Waals surface area (Å²) >= 11 is 0. The molecule has 1 saturated heterocycles. The maximum Gasteiger partial charge on any atom is 0.411 e. The first-order valence-electron chi connectivity index (χ1n) is 14.3. The van der Waals surface area contributed by atoms with E-state index in [1.54, 1.807) is 9.58 Å². The molecule has 4 aromatic rings. The van der Waals surface area contributed by atoms with Crippen molar-refractivity contribution in [1.29, 1.82) is 5.26 Å². The SMILES string of the molecule is Cc1n[nH]c2ccc(-c3cn(-c4ccc(C[C@@H](C#N)NC(=O)C5C6CCC(C6)N5C(=O)OC(C)(C)C)cc4)nn3)cc12. The number of carbonyl (C=O) groups excluding carboxylic acids is 2. The van der Waals surface area contributed by atoms with Crippen LogP contribution in [0.25, 0.3) is 27.8 Å². The summed E-state index contributed by atoms with van der Waals surface area (Å²) in [5.41, 5.74) is 4.66. The number of carbonyl (C=O) groups is 2. The van der Waals surface area contributed by atoms with Crippen molar-refractivity contribution in [3.05, 3.63) is 59.9 Å². The highest BCUT2D eigenvalue weighted by atomic mass is 16.6. The third-order valence-corrected chi connectivity index (χ3v) is 8.11. The Morgan fingerprint density at radius 2 is 1.98 bits per heavy atom. The lowest BCUT2D eigenvalue weighted by molar-refractivity contribution is -0.128. The van der Waals surface area contributed by atoms with Crippen molar-refractivity contribution in [2.45, 2.75) is 77.1 Å². The normalized spacial score (nSPS) is 20.5. The molecule has 3 unspecified atom stereocenters. The number of aryl methyl sites for hydroxylation is 1. The second kappa shape index (κ2) is 10.6. The summed E-state index contributed by atoms with van der Waals surface area (Å²) in [6.07, 6.45) is 4.29. The van der Waals surface area contributed by atoms with Gasteiger partial charge < -0.3 is 10.1 Å². The standard InChI is InChI=1S/C31H34N8O3/c1-18-25-15-20(8-12-26(25)35-34-18)27-17-38(37-36-27)23-9-5-19(6-10-23)13-22(16-32)33-29(40)28-21-7-11-24(14-21)39(28)30(41)42-31(2,3)4/h5-6,8-10,12,15,17,21-22,24,28H,7,11,13-14H2,1-4H3,(H,33,40)(H,34,35)/t21?,22-,24?,28?/m0/s1. The van der Waals surface area contributed by atoms with Crippen LogP contribution in [0.5, 0.6) is 0 Å². The number of H-pyrrole nitrogens is 1. The van der Waals surface area contributed by atoms with Crippen LogP contribution in [0.15, 0.2) is 48.7 Å². The predicted octanol–water partition coefficient (Wildman–Crippen LogP) is 4.46. The second-order valence-electron chi connectivity index (χ2n) is 12.2. The zero-order valence-corrected chi connectivity index (χ0v) is 24.2. The number of aromatic amines is 1. The van der Waals surface area contributed by atoms with Crippen LogP contribution in [0.3, 0.4) is 0 Å². The minimum absolute atomic E-state index is 0.00338. The Bertz CT molecular complexity index is 1680. The number of hydrogen-bond donors (Lipinski definition) is 2. The number of amides is 2. The third kappa shape index (κ3) is 5.32. The van der Waals surface area contributed by atoms with Crippen molar-refractivity contribution in [2.24, 2.45) is 5.92 Å². The highest BCUT2D eigenvalue weighted by Gasteiger charge is 2.52. The Labute approximate surface area is 243 Å². The Balaban J connectivity index is 1.11. The van der Waals surface area contributed by atoms with E-state index in [0.717, 1.165) is 58.4 Å². The molecule has 11 nitrogen and oxygen atoms in total. The summed E-state index contributed by atoms with van der Waals surface area (Å²) < 4.78 is 7.30. The molecule has 42 heavy (non-hydrogen) atoms. The van der Waals surface area contributed by atoms with E-state index in [1.165, 1.54) is 0 Å². The Morgan fingerprint density at radius 1 is 1.19 bits per heavy atom. The number of fused-ring (bicyclic) bond motifs is 3. The van der Waals surface area contributed by atoms with E-state index < -0.39 is 23.8 Å². The van der Waals surface area contributed by atoms with Crippen LogP contribution < -0.4 is 5.32 Å². The molecule has 0 spiro atoms. The number of benzene rings is 2. The molecule has 6 rings (SSSR count). The molecule has 2 aliphatic rings. The van der Waals surface area contributed by atoms with E-state index in [-0.39, 0.29) is 17.9 Å². The van der Waals surface area contributed by atoms with Gasteiger partial charge in [0.05, 0.1) is 29.2 Å². The number of nitrogens with one attached hydrogen (secondary N) is 2. The summed E-state index contributed by atoms with van der Waals surface area (Å²) in [5.74, 6) is -0.213. The van der Waals surface area contributed by atoms with Crippen LogP contribution >= 0.6 is 0 Å². The number of nitrogens with zero attached hydrogens (tertiary/aromatic N) is 6. The Morgan fingerprint density at radius 3 is 2.71 bits per heavy atom. The monoisotopic (exact) mass is 566 g/mol. The van der Waals surface area contributed by atoms with Gasteiger partial charge in [-0.1, -0.05) is 23.4 Å². The van der Waals surface area contributed by atoms with Crippen molar-refractivity contribution >= 4 is 22.9 Å². The fraction of sp³-hybridized carbons (Fsp3) is 0.419. The first-order valence-corrected chi connectivity index (χ1v) is 14.3. The average molecular weight is 567 g/mol. The number of aromatic nitrogens is 5. The molecule has 11 heteroatoms. The van der Waals surface area contributed by atoms with E-state index in [1.807, 2.05) is 76.4 Å². The molecule has 2 bridgehead atoms. The van der Waals surface area contributed by atoms with Crippen molar-refractivity contribution < 1.29 is 14.3 Å². The number of rotatable bonds is 6. The van der Waals surface area contributed by atoms with Gasteiger partial charge in [-0.15, -0.1) is 5.10 Å². The van der Waals surface area contributed by atoms with Crippen LogP contribution in [-0.4, -0.2) is 65.8 Å². The lowest BCUT2D eigenvalue weighted by atomic mass is 9.97. The van der Waals surface area contributed by atoms with Crippen LogP contribution in [-0.2, 0) is 16.0 Å². The minimum atomic E-state index is -0.734. The van der Waals surface area contributed by atoms with Crippen molar-refractivity contribution in [3.63, 3.8) is 0 Å². The summed E-state index contributed by atoms with van der Waals surface area (Å²) in [5, 5.41) is 29.7. The molecule has 3 heterocycles. The van der Waals surface area contributed by atoms with Gasteiger partial charge >= 0.3 is 6.09 Å². The lowest BCUT2D eigenvalue weighted by Gasteiger charge is -2.35. The number of ether oxygens (including phenoxy) is 1. The topological polar surface area (TPSA) is 142 Å². The predicted molar refractivity (Wildman–Crippen MR) is 155 cm³/mol. The van der Waals surface area contributed by atoms with Crippen LogP contribution in [0.1, 0.15) is 51.3 Å². The molecule has 1 aliphatic carbocycles. The number of nitriles is 1. The minimum Gasteiger partial charge on any atom is -0.444 e. The van der Waals surface area contributed by atoms with Gasteiger partial charge in [0.2, 0.25) is 5.91 Å². The summed E-state index contributed by atoms with van der Waals surface area (Å²) in [6.45, 7) is 7.40. The smallest absolute Gasteiger partial charge is 0.411 e. The molecular formula is C31H34N8O3. The molecule has 1 aliphatic heterocycles. The van der Waals surface area contributed by atoms with Crippen LogP contribution in [0.2, 0.25) is 0 Å². The third-order valence-electron chi connectivity index (χ3n) is 8.11. The van der Waals surface area contributed by atoms with E-state index in [2.05, 4.69) is 31.9 Å². The molecule has 2 aromatic heterocycles. The van der Waals surface area contributed by atoms with Gasteiger partial charge in [-0.25, -0.2) is 9.48 Å². The van der Waals surface area contributed by atoms with Gasteiger partial charge in [-0.2, -0.15) is 10.4 Å². The van der Waals surface area contributed by atoms with Gasteiger partial charge in [-0.05, 0) is 82.7 Å². The van der Waals surface area contributed by atoms with Gasteiger partial charge in [0, 0.05) is 23.4 Å². The van der Waals surface area contributed by atoms with Crippen LogP contribution in [0.4, 0.5) is 4.79 Å². The molecule has 1 saturated carbocycles. The van der Waals surface area contributed by atoms with Crippen molar-refractivity contribution in [2.75, 3.05) is 0 Å². The highest BCUT2D eigenvalue weighted by Crippen LogP contribution is 2.43. The molecule has 2 aromatic carbocycles. The van der Waals surface area contributed by atoms with Gasteiger partial charge in [-0.3, -0.25) is 14.8 Å². The van der Waals surface area contributed by atoms with Gasteiger partial charge in [0.25, 0.3) is 0 Å². The maximum atomic E-state index is 13.4. The first-order chi connectivity index (χ1) is 20.1. The van der Waals surface area contributed by atoms with Gasteiger partial charge in [0.1, 0.15) is 23.4 Å². The quantitative estimate of drug-likeness (QED) is 0.351. The molecule has 2 fully saturated rings. The summed E-state index contributed by atoms with van der Waals surface area (Å²) in [7, 11) is 0. The van der Waals surface area contributed by atoms with E-state index in [0.29, 0.717) is 6.42 Å². The summed E-state index contributed by atoms with van der Waals surface area (Å²) in [4.78, 5) is 27.9. The molecule has 216 valence electrons. The van der Waals surface area contributed by atoms with Crippen LogP contribution in [0, 0.1) is 24.2 Å². The zero-order valence-electron chi connectivity index (χ0n) is 24.2. The van der Waals surface area contributed by atoms with E-state index in [9.17, 15) is 14.9 Å². The van der Waals surface area contributed by atoms with Crippen molar-refractivity contribution in [3.8, 4) is 23.0 Å². The first kappa shape index (κ1) is 27.4. The fourth-order valence-electron chi connectivity index (χ4n) is 6.14. The van der Waals surface area contributed by atoms with Gasteiger partial charge in [0.15, 0.2) is 0 Å². The largest absolute Gasteiger partial charge is 0.444 e. The zero-order chi connectivity index (χ0) is 29.6.